The maximum absolute atomic E-state index is 13.8. The topological polar surface area (TPSA) is 32.3 Å². The summed E-state index contributed by atoms with van der Waals surface area (Å²) in [6.07, 6.45) is 5.11. The molecule has 112 valence electrons. The van der Waals surface area contributed by atoms with Crippen molar-refractivity contribution >= 4 is 15.9 Å². The van der Waals surface area contributed by atoms with E-state index in [1.807, 2.05) is 12.1 Å². The smallest absolute Gasteiger partial charge is 0.127 e. The zero-order valence-corrected chi connectivity index (χ0v) is 13.5. The molecule has 0 spiro atoms. The lowest BCUT2D eigenvalue weighted by Gasteiger charge is -2.30. The minimum absolute atomic E-state index is 0.142. The van der Waals surface area contributed by atoms with Crippen LogP contribution in [0.2, 0.25) is 0 Å². The highest BCUT2D eigenvalue weighted by atomic mass is 79.9. The largest absolute Gasteiger partial charge is 0.396 e. The monoisotopic (exact) mass is 343 g/mol. The molecule has 0 saturated heterocycles. The first kappa shape index (κ1) is 15.9. The predicted octanol–water partition coefficient (Wildman–Crippen LogP) is 3.66. The van der Waals surface area contributed by atoms with Crippen molar-refractivity contribution in [2.45, 2.75) is 51.1 Å². The summed E-state index contributed by atoms with van der Waals surface area (Å²) in [5.41, 5.74) is 0.761. The van der Waals surface area contributed by atoms with Gasteiger partial charge < -0.3 is 10.4 Å². The molecule has 0 aromatic heterocycles. The number of nitrogens with one attached hydrogen (secondary N) is 1. The van der Waals surface area contributed by atoms with Crippen molar-refractivity contribution in [1.29, 1.82) is 0 Å². The van der Waals surface area contributed by atoms with Crippen LogP contribution in [0.3, 0.4) is 0 Å². The highest BCUT2D eigenvalue weighted by Gasteiger charge is 2.21. The minimum atomic E-state index is -0.142. The maximum atomic E-state index is 13.8. The number of rotatable bonds is 5. The van der Waals surface area contributed by atoms with Gasteiger partial charge in [0.2, 0.25) is 0 Å². The van der Waals surface area contributed by atoms with Gasteiger partial charge in [-0.15, -0.1) is 0 Å². The quantitative estimate of drug-likeness (QED) is 0.854. The summed E-state index contributed by atoms with van der Waals surface area (Å²) in [4.78, 5) is 0. The van der Waals surface area contributed by atoms with Gasteiger partial charge in [0.05, 0.1) is 0 Å². The molecule has 1 fully saturated rings. The van der Waals surface area contributed by atoms with Crippen molar-refractivity contribution in [1.82, 2.24) is 5.32 Å². The number of benzene rings is 1. The maximum Gasteiger partial charge on any atom is 0.127 e. The molecule has 1 aromatic rings. The fraction of sp³-hybridized carbons (Fsp3) is 0.625. The van der Waals surface area contributed by atoms with Crippen molar-refractivity contribution in [3.05, 3.63) is 34.1 Å². The van der Waals surface area contributed by atoms with E-state index in [-0.39, 0.29) is 11.9 Å². The number of aliphatic hydroxyl groups excluding tert-OH is 1. The molecule has 2 nitrogen and oxygen atoms in total. The molecule has 20 heavy (non-hydrogen) atoms. The van der Waals surface area contributed by atoms with Crippen LogP contribution in [0, 0.1) is 11.7 Å². The average molecular weight is 344 g/mol. The Balaban J connectivity index is 1.82. The summed E-state index contributed by atoms with van der Waals surface area (Å²) >= 11 is 3.28. The molecule has 0 amide bonds. The van der Waals surface area contributed by atoms with Crippen LogP contribution in [0.1, 0.15) is 38.2 Å². The fourth-order valence-electron chi connectivity index (χ4n) is 2.99. The zero-order valence-electron chi connectivity index (χ0n) is 11.9. The van der Waals surface area contributed by atoms with Gasteiger partial charge in [0.1, 0.15) is 5.82 Å². The highest BCUT2D eigenvalue weighted by molar-refractivity contribution is 9.10. The first-order chi connectivity index (χ1) is 9.58. The van der Waals surface area contributed by atoms with Crippen LogP contribution in [0.4, 0.5) is 4.39 Å². The molecule has 0 heterocycles. The van der Waals surface area contributed by atoms with Crippen molar-refractivity contribution in [2.75, 3.05) is 6.61 Å². The van der Waals surface area contributed by atoms with Gasteiger partial charge in [0, 0.05) is 23.2 Å². The second-order valence-corrected chi connectivity index (χ2v) is 6.82. The Kier molecular flexibility index (Phi) is 6.00. The summed E-state index contributed by atoms with van der Waals surface area (Å²) in [6.45, 7) is 2.42. The van der Waals surface area contributed by atoms with Gasteiger partial charge in [-0.2, -0.15) is 0 Å². The zero-order chi connectivity index (χ0) is 14.5. The molecule has 0 radical (unpaired) electrons. The standard InChI is InChI=1S/C16H23BrFNO/c1-11(8-13-4-5-14(17)9-16(13)18)19-15-6-2-12(10-20)3-7-15/h4-5,9,11-12,15,19-20H,2-3,6-8,10H2,1H3. The summed E-state index contributed by atoms with van der Waals surface area (Å²) in [7, 11) is 0. The lowest BCUT2D eigenvalue weighted by molar-refractivity contribution is 0.172. The van der Waals surface area contributed by atoms with Gasteiger partial charge in [-0.25, -0.2) is 4.39 Å². The first-order valence-electron chi connectivity index (χ1n) is 7.39. The fourth-order valence-corrected chi connectivity index (χ4v) is 3.32. The molecule has 0 bridgehead atoms. The Morgan fingerprint density at radius 3 is 2.65 bits per heavy atom. The van der Waals surface area contributed by atoms with Crippen LogP contribution in [0.25, 0.3) is 0 Å². The lowest BCUT2D eigenvalue weighted by Crippen LogP contribution is -2.40. The van der Waals surface area contributed by atoms with Crippen LogP contribution in [0.5, 0.6) is 0 Å². The average Bonchev–Trinajstić information content (AvgIpc) is 2.43. The van der Waals surface area contributed by atoms with Crippen LogP contribution >= 0.6 is 15.9 Å². The van der Waals surface area contributed by atoms with E-state index in [0.717, 1.165) is 35.7 Å². The molecule has 0 aliphatic heterocycles. The number of hydrogen-bond donors (Lipinski definition) is 2. The molecule has 1 aliphatic carbocycles. The normalized spacial score (nSPS) is 24.6. The van der Waals surface area contributed by atoms with Gasteiger partial charge in [-0.3, -0.25) is 0 Å². The Hall–Kier alpha value is -0.450. The molecule has 4 heteroatoms. The molecule has 2 N–H and O–H groups in total. The van der Waals surface area contributed by atoms with E-state index in [1.165, 1.54) is 6.07 Å². The molecular weight excluding hydrogens is 321 g/mol. The predicted molar refractivity (Wildman–Crippen MR) is 83.2 cm³/mol. The summed E-state index contributed by atoms with van der Waals surface area (Å²) in [6, 6.07) is 6.03. The molecule has 1 atom stereocenters. The summed E-state index contributed by atoms with van der Waals surface area (Å²) in [5, 5.41) is 12.7. The van der Waals surface area contributed by atoms with Gasteiger partial charge in [-0.05, 0) is 62.6 Å². The second kappa shape index (κ2) is 7.53. The molecule has 1 aliphatic rings. The van der Waals surface area contributed by atoms with Crippen molar-refractivity contribution in [3.8, 4) is 0 Å². The van der Waals surface area contributed by atoms with E-state index < -0.39 is 0 Å². The SMILES string of the molecule is CC(Cc1ccc(Br)cc1F)NC1CCC(CO)CC1. The van der Waals surface area contributed by atoms with E-state index in [0.29, 0.717) is 25.0 Å². The van der Waals surface area contributed by atoms with E-state index >= 15 is 0 Å². The van der Waals surface area contributed by atoms with Gasteiger partial charge in [0.25, 0.3) is 0 Å². The Bertz CT molecular complexity index is 432. The molecule has 1 aromatic carbocycles. The highest BCUT2D eigenvalue weighted by Crippen LogP contribution is 2.24. The van der Waals surface area contributed by atoms with E-state index in [1.54, 1.807) is 0 Å². The van der Waals surface area contributed by atoms with Crippen LogP contribution < -0.4 is 5.32 Å². The third kappa shape index (κ3) is 4.54. The number of aliphatic hydroxyl groups is 1. The van der Waals surface area contributed by atoms with Crippen molar-refractivity contribution in [2.24, 2.45) is 5.92 Å². The number of hydrogen-bond acceptors (Lipinski definition) is 2. The minimum Gasteiger partial charge on any atom is -0.396 e. The van der Waals surface area contributed by atoms with Crippen LogP contribution in [-0.4, -0.2) is 23.8 Å². The van der Waals surface area contributed by atoms with Gasteiger partial charge >= 0.3 is 0 Å². The van der Waals surface area contributed by atoms with E-state index in [9.17, 15) is 4.39 Å². The third-order valence-corrected chi connectivity index (χ3v) is 4.66. The van der Waals surface area contributed by atoms with Crippen molar-refractivity contribution < 1.29 is 9.50 Å². The Morgan fingerprint density at radius 2 is 2.05 bits per heavy atom. The summed E-state index contributed by atoms with van der Waals surface area (Å²) in [5.74, 6) is 0.337. The van der Waals surface area contributed by atoms with E-state index in [4.69, 9.17) is 5.11 Å². The van der Waals surface area contributed by atoms with Gasteiger partial charge in [-0.1, -0.05) is 22.0 Å². The van der Waals surface area contributed by atoms with Crippen LogP contribution in [0.15, 0.2) is 22.7 Å². The molecule has 2 rings (SSSR count). The van der Waals surface area contributed by atoms with Crippen LogP contribution in [-0.2, 0) is 6.42 Å². The van der Waals surface area contributed by atoms with Gasteiger partial charge in [0.15, 0.2) is 0 Å². The molecule has 1 saturated carbocycles. The van der Waals surface area contributed by atoms with E-state index in [2.05, 4.69) is 28.2 Å². The molecule has 1 unspecified atom stereocenters. The first-order valence-corrected chi connectivity index (χ1v) is 8.18. The molecular formula is C16H23BrFNO. The Morgan fingerprint density at radius 1 is 1.35 bits per heavy atom. The third-order valence-electron chi connectivity index (χ3n) is 4.17. The lowest BCUT2D eigenvalue weighted by atomic mass is 9.86. The Labute approximate surface area is 128 Å². The second-order valence-electron chi connectivity index (χ2n) is 5.91. The number of halogens is 2. The summed E-state index contributed by atoms with van der Waals surface area (Å²) < 4.78 is 14.6. The van der Waals surface area contributed by atoms with Crippen molar-refractivity contribution in [3.63, 3.8) is 0 Å².